The second kappa shape index (κ2) is 13.1. The van der Waals surface area contributed by atoms with E-state index in [1.807, 2.05) is 51.1 Å². The fraction of sp³-hybridized carbons (Fsp3) is 0.240. The van der Waals surface area contributed by atoms with Crippen molar-refractivity contribution >= 4 is 46.5 Å². The van der Waals surface area contributed by atoms with Gasteiger partial charge in [0, 0.05) is 17.0 Å². The molecule has 35 heavy (non-hydrogen) atoms. The molecule has 3 rings (SSSR count). The molecule has 1 amide bonds. The number of amides is 1. The van der Waals surface area contributed by atoms with E-state index in [4.69, 9.17) is 9.47 Å². The van der Waals surface area contributed by atoms with Gasteiger partial charge >= 0.3 is 0 Å². The van der Waals surface area contributed by atoms with E-state index in [0.29, 0.717) is 28.8 Å². The van der Waals surface area contributed by atoms with Crippen molar-refractivity contribution in [2.24, 2.45) is 5.10 Å². The minimum atomic E-state index is -0.259. The van der Waals surface area contributed by atoms with Crippen LogP contribution in [0.15, 0.2) is 52.7 Å². The van der Waals surface area contributed by atoms with Crippen molar-refractivity contribution in [2.45, 2.75) is 32.5 Å². The van der Waals surface area contributed by atoms with Gasteiger partial charge in [-0.2, -0.15) is 10.4 Å². The van der Waals surface area contributed by atoms with Crippen molar-refractivity contribution in [3.8, 4) is 17.6 Å². The molecular weight excluding hydrogens is 577 g/mol. The molecule has 1 aromatic heterocycles. The molecule has 0 saturated carbocycles. The third-order valence-electron chi connectivity index (χ3n) is 4.54. The molecule has 2 aromatic carbocycles. The van der Waals surface area contributed by atoms with Crippen LogP contribution in [0.1, 0.15) is 35.0 Å². The molecule has 0 atom stereocenters. The predicted octanol–water partition coefficient (Wildman–Crippen LogP) is 4.79. The number of benzene rings is 2. The molecule has 0 saturated heterocycles. The molecule has 10 heteroatoms. The zero-order valence-corrected chi connectivity index (χ0v) is 22.5. The first-order valence-electron chi connectivity index (χ1n) is 10.7. The Kier molecular flexibility index (Phi) is 9.86. The average molecular weight is 601 g/mol. The van der Waals surface area contributed by atoms with Crippen LogP contribution < -0.4 is 14.9 Å². The van der Waals surface area contributed by atoms with Crippen LogP contribution in [0.5, 0.6) is 11.5 Å². The minimum absolute atomic E-state index is 0.152. The molecule has 1 heterocycles. The second-order valence-electron chi connectivity index (χ2n) is 7.34. The standard InChI is InChI=1S/C25H24IN5O3S/c1-4-33-22-11-18(10-21(26)24(22)34-14-20-8-6-5-7-19(20)12-27)13-28-31-23(32)15-35-25-29-16(2)9-17(3)30-25/h5-11,13H,4,14-15H2,1-3H3,(H,31,32)/b28-13-. The first kappa shape index (κ1) is 26.4. The topological polar surface area (TPSA) is 109 Å². The highest BCUT2D eigenvalue weighted by molar-refractivity contribution is 14.1. The molecule has 180 valence electrons. The smallest absolute Gasteiger partial charge is 0.250 e. The summed E-state index contributed by atoms with van der Waals surface area (Å²) >= 11 is 3.42. The van der Waals surface area contributed by atoms with E-state index in [2.05, 4.69) is 49.2 Å². The van der Waals surface area contributed by atoms with E-state index in [1.165, 1.54) is 11.8 Å². The molecular formula is C25H24IN5O3S. The van der Waals surface area contributed by atoms with Gasteiger partial charge in [-0.3, -0.25) is 4.79 Å². The maximum atomic E-state index is 12.2. The van der Waals surface area contributed by atoms with Crippen LogP contribution in [0.25, 0.3) is 0 Å². The molecule has 1 N–H and O–H groups in total. The molecule has 0 fully saturated rings. The quantitative estimate of drug-likeness (QED) is 0.117. The van der Waals surface area contributed by atoms with E-state index in [9.17, 15) is 10.1 Å². The molecule has 0 aliphatic heterocycles. The molecule has 0 spiro atoms. The summed E-state index contributed by atoms with van der Waals surface area (Å²) < 4.78 is 12.6. The maximum Gasteiger partial charge on any atom is 0.250 e. The number of nitrogens with zero attached hydrogens (tertiary/aromatic N) is 4. The number of hydrazone groups is 1. The van der Waals surface area contributed by atoms with E-state index in [1.54, 1.807) is 18.3 Å². The van der Waals surface area contributed by atoms with Crippen LogP contribution in [0.2, 0.25) is 0 Å². The van der Waals surface area contributed by atoms with Gasteiger partial charge in [-0.25, -0.2) is 15.4 Å². The van der Waals surface area contributed by atoms with Crippen molar-refractivity contribution in [2.75, 3.05) is 12.4 Å². The van der Waals surface area contributed by atoms with Gasteiger partial charge in [-0.15, -0.1) is 0 Å². The summed E-state index contributed by atoms with van der Waals surface area (Å²) in [7, 11) is 0. The summed E-state index contributed by atoms with van der Waals surface area (Å²) in [5.74, 6) is 1.04. The normalized spacial score (nSPS) is 10.7. The number of hydrogen-bond donors (Lipinski definition) is 1. The van der Waals surface area contributed by atoms with Crippen LogP contribution in [0.4, 0.5) is 0 Å². The second-order valence-corrected chi connectivity index (χ2v) is 9.44. The van der Waals surface area contributed by atoms with E-state index in [-0.39, 0.29) is 18.3 Å². The third-order valence-corrected chi connectivity index (χ3v) is 6.19. The molecule has 8 nitrogen and oxygen atoms in total. The zero-order chi connectivity index (χ0) is 25.2. The number of nitrogens with one attached hydrogen (secondary N) is 1. The van der Waals surface area contributed by atoms with Gasteiger partial charge in [-0.05, 0) is 73.2 Å². The van der Waals surface area contributed by atoms with Crippen LogP contribution in [0, 0.1) is 28.7 Å². The Morgan fingerprint density at radius 1 is 1.20 bits per heavy atom. The lowest BCUT2D eigenvalue weighted by Gasteiger charge is -2.15. The number of halogens is 1. The van der Waals surface area contributed by atoms with Gasteiger partial charge in [0.15, 0.2) is 16.7 Å². The van der Waals surface area contributed by atoms with Crippen molar-refractivity contribution in [3.63, 3.8) is 0 Å². The summed E-state index contributed by atoms with van der Waals surface area (Å²) in [5.41, 5.74) is 6.36. The van der Waals surface area contributed by atoms with Crippen molar-refractivity contribution in [1.29, 1.82) is 5.26 Å². The molecule has 0 unspecified atom stereocenters. The van der Waals surface area contributed by atoms with E-state index >= 15 is 0 Å². The number of aromatic nitrogens is 2. The van der Waals surface area contributed by atoms with E-state index < -0.39 is 0 Å². The number of hydrogen-bond acceptors (Lipinski definition) is 8. The minimum Gasteiger partial charge on any atom is -0.490 e. The highest BCUT2D eigenvalue weighted by Gasteiger charge is 2.13. The van der Waals surface area contributed by atoms with Gasteiger partial charge in [0.05, 0.1) is 33.8 Å². The van der Waals surface area contributed by atoms with Crippen LogP contribution in [0.3, 0.4) is 0 Å². The summed E-state index contributed by atoms with van der Waals surface area (Å²) in [6.45, 7) is 6.37. The number of thioether (sulfide) groups is 1. The summed E-state index contributed by atoms with van der Waals surface area (Å²) in [6.07, 6.45) is 1.55. The van der Waals surface area contributed by atoms with Crippen molar-refractivity contribution in [1.82, 2.24) is 15.4 Å². The average Bonchev–Trinajstić information content (AvgIpc) is 2.82. The van der Waals surface area contributed by atoms with Gasteiger partial charge in [0.2, 0.25) is 0 Å². The van der Waals surface area contributed by atoms with Crippen molar-refractivity contribution < 1.29 is 14.3 Å². The van der Waals surface area contributed by atoms with Gasteiger partial charge in [0.25, 0.3) is 5.91 Å². The Hall–Kier alpha value is -3.17. The number of carbonyl (C=O) groups is 1. The Morgan fingerprint density at radius 2 is 1.94 bits per heavy atom. The van der Waals surface area contributed by atoms with Crippen LogP contribution in [-0.4, -0.2) is 34.4 Å². The fourth-order valence-electron chi connectivity index (χ4n) is 3.07. The number of ether oxygens (including phenoxy) is 2. The molecule has 0 aliphatic rings. The van der Waals surface area contributed by atoms with Gasteiger partial charge < -0.3 is 9.47 Å². The molecule has 3 aromatic rings. The summed E-state index contributed by atoms with van der Waals surface area (Å²) in [6, 6.07) is 15.0. The highest BCUT2D eigenvalue weighted by Crippen LogP contribution is 2.34. The molecule has 0 radical (unpaired) electrons. The monoisotopic (exact) mass is 601 g/mol. The Labute approximate surface area is 222 Å². The highest BCUT2D eigenvalue weighted by atomic mass is 127. The number of rotatable bonds is 10. The largest absolute Gasteiger partial charge is 0.490 e. The SMILES string of the molecule is CCOc1cc(/C=N\NC(=O)CSc2nc(C)cc(C)n2)cc(I)c1OCc1ccccc1C#N. The first-order valence-corrected chi connectivity index (χ1v) is 12.8. The predicted molar refractivity (Wildman–Crippen MR) is 144 cm³/mol. The lowest BCUT2D eigenvalue weighted by Crippen LogP contribution is -2.19. The first-order chi connectivity index (χ1) is 16.9. The fourth-order valence-corrected chi connectivity index (χ4v) is 4.59. The number of aryl methyl sites for hydroxylation is 2. The third kappa shape index (κ3) is 7.93. The summed E-state index contributed by atoms with van der Waals surface area (Å²) in [4.78, 5) is 20.8. The van der Waals surface area contributed by atoms with Gasteiger partial charge in [-0.1, -0.05) is 30.0 Å². The Morgan fingerprint density at radius 3 is 2.66 bits per heavy atom. The maximum absolute atomic E-state index is 12.2. The molecule has 0 bridgehead atoms. The van der Waals surface area contributed by atoms with Crippen LogP contribution >= 0.6 is 34.4 Å². The van der Waals surface area contributed by atoms with Crippen molar-refractivity contribution in [3.05, 3.63) is 74.1 Å². The number of nitriles is 1. The van der Waals surface area contributed by atoms with Gasteiger partial charge in [0.1, 0.15) is 6.61 Å². The zero-order valence-electron chi connectivity index (χ0n) is 19.5. The lowest BCUT2D eigenvalue weighted by atomic mass is 10.1. The summed E-state index contributed by atoms with van der Waals surface area (Å²) in [5, 5.41) is 13.9. The van der Waals surface area contributed by atoms with Crippen LogP contribution in [-0.2, 0) is 11.4 Å². The Bertz CT molecular complexity index is 1260. The Balaban J connectivity index is 1.64. The lowest BCUT2D eigenvalue weighted by molar-refractivity contribution is -0.118. The van der Waals surface area contributed by atoms with E-state index in [0.717, 1.165) is 26.1 Å². The number of carbonyl (C=O) groups excluding carboxylic acids is 1. The molecule has 0 aliphatic carbocycles.